The highest BCUT2D eigenvalue weighted by Crippen LogP contribution is 2.39. The largest absolute Gasteiger partial charge is 0.429 e. The Morgan fingerprint density at radius 1 is 0.794 bits per heavy atom. The number of hydrogen-bond donors (Lipinski definition) is 0. The summed E-state index contributed by atoms with van der Waals surface area (Å²) in [7, 11) is 0. The first kappa shape index (κ1) is 26.5. The molecule has 1 aliphatic rings. The minimum Gasteiger partial charge on any atom is -0.429 e. The molecule has 2 aromatic rings. The quantitative estimate of drug-likeness (QED) is 0.166. The second kappa shape index (κ2) is 12.6. The van der Waals surface area contributed by atoms with Crippen LogP contribution in [-0.4, -0.2) is 0 Å². The van der Waals surface area contributed by atoms with E-state index in [1.807, 2.05) is 0 Å². The van der Waals surface area contributed by atoms with Crippen LogP contribution in [0.3, 0.4) is 0 Å². The Labute approximate surface area is 199 Å². The number of rotatable bonds is 12. The van der Waals surface area contributed by atoms with Gasteiger partial charge in [-0.15, -0.1) is 0 Å². The number of hydrogen-bond acceptors (Lipinski definition) is 1. The fraction of sp³-hybridized carbons (Fsp3) is 0.571. The molecule has 0 amide bonds. The van der Waals surface area contributed by atoms with E-state index in [0.717, 1.165) is 24.3 Å². The maximum absolute atomic E-state index is 14.5. The van der Waals surface area contributed by atoms with Gasteiger partial charge < -0.3 is 4.74 Å². The lowest BCUT2D eigenvalue weighted by Gasteiger charge is -2.29. The fourth-order valence-corrected chi connectivity index (χ4v) is 4.92. The number of benzene rings is 2. The average molecular weight is 483 g/mol. The second-order valence-corrected chi connectivity index (χ2v) is 9.57. The highest BCUT2D eigenvalue weighted by Gasteiger charge is 2.35. The molecule has 0 N–H and O–H groups in total. The Hall–Kier alpha value is -2.11. The van der Waals surface area contributed by atoms with Gasteiger partial charge in [0, 0.05) is 12.1 Å². The third-order valence-electron chi connectivity index (χ3n) is 6.98. The molecule has 0 aromatic heterocycles. The first-order valence-electron chi connectivity index (χ1n) is 12.6. The molecule has 3 rings (SSSR count). The molecule has 1 aliphatic carbocycles. The van der Waals surface area contributed by atoms with Crippen molar-refractivity contribution >= 4 is 0 Å². The summed E-state index contributed by atoms with van der Waals surface area (Å²) in [4.78, 5) is 0. The van der Waals surface area contributed by atoms with Gasteiger partial charge in [0.05, 0.1) is 5.56 Å². The summed E-state index contributed by atoms with van der Waals surface area (Å²) in [6.07, 6.45) is 11.2. The van der Waals surface area contributed by atoms with E-state index < -0.39 is 34.9 Å². The number of alkyl halides is 2. The standard InChI is InChI=1S/C28H35F5O/c1-2-3-4-5-6-7-8-9-20-10-12-21(13-11-20)22-14-16-23(17-15-22)28(32,33)34-24-18-25(29)27(31)26(30)19-24/h14-21H,2-13H2,1H3. The number of halogens is 5. The fourth-order valence-electron chi connectivity index (χ4n) is 4.92. The van der Waals surface area contributed by atoms with Crippen LogP contribution in [0, 0.1) is 23.4 Å². The van der Waals surface area contributed by atoms with Gasteiger partial charge in [-0.1, -0.05) is 70.4 Å². The number of ether oxygens (including phenoxy) is 1. The summed E-state index contributed by atoms with van der Waals surface area (Å²) in [6.45, 7) is 2.23. The lowest BCUT2D eigenvalue weighted by Crippen LogP contribution is -2.22. The smallest absolute Gasteiger partial charge is 0.426 e. The third-order valence-corrected chi connectivity index (χ3v) is 6.98. The molecule has 188 valence electrons. The summed E-state index contributed by atoms with van der Waals surface area (Å²) < 4.78 is 73.2. The molecule has 0 saturated heterocycles. The molecule has 0 unspecified atom stereocenters. The minimum atomic E-state index is -3.80. The van der Waals surface area contributed by atoms with E-state index in [2.05, 4.69) is 11.7 Å². The average Bonchev–Trinajstić information content (AvgIpc) is 2.82. The van der Waals surface area contributed by atoms with Gasteiger partial charge in [-0.25, -0.2) is 13.2 Å². The summed E-state index contributed by atoms with van der Waals surface area (Å²) in [5, 5.41) is 0. The Balaban J connectivity index is 1.46. The molecule has 0 heterocycles. The van der Waals surface area contributed by atoms with Gasteiger partial charge in [-0.2, -0.15) is 8.78 Å². The first-order chi connectivity index (χ1) is 16.3. The molecule has 0 atom stereocenters. The third kappa shape index (κ3) is 7.44. The monoisotopic (exact) mass is 482 g/mol. The van der Waals surface area contributed by atoms with Crippen molar-refractivity contribution in [1.29, 1.82) is 0 Å². The van der Waals surface area contributed by atoms with E-state index >= 15 is 0 Å². The molecule has 0 aliphatic heterocycles. The molecule has 2 aromatic carbocycles. The predicted octanol–water partition coefficient (Wildman–Crippen LogP) is 9.65. The van der Waals surface area contributed by atoms with Crippen LogP contribution in [0.15, 0.2) is 36.4 Å². The molecule has 0 spiro atoms. The van der Waals surface area contributed by atoms with Gasteiger partial charge in [0.1, 0.15) is 5.75 Å². The van der Waals surface area contributed by atoms with E-state index in [0.29, 0.717) is 18.1 Å². The summed E-state index contributed by atoms with van der Waals surface area (Å²) in [6, 6.07) is 6.75. The van der Waals surface area contributed by atoms with Crippen LogP contribution >= 0.6 is 0 Å². The van der Waals surface area contributed by atoms with Crippen molar-refractivity contribution in [2.24, 2.45) is 5.92 Å². The first-order valence-corrected chi connectivity index (χ1v) is 12.6. The Morgan fingerprint density at radius 2 is 1.35 bits per heavy atom. The maximum atomic E-state index is 14.5. The highest BCUT2D eigenvalue weighted by atomic mass is 19.3. The van der Waals surface area contributed by atoms with Gasteiger partial charge >= 0.3 is 6.11 Å². The Kier molecular flexibility index (Phi) is 9.78. The minimum absolute atomic E-state index is 0.356. The van der Waals surface area contributed by atoms with Crippen LogP contribution in [0.1, 0.15) is 101 Å². The van der Waals surface area contributed by atoms with Crippen molar-refractivity contribution in [1.82, 2.24) is 0 Å². The topological polar surface area (TPSA) is 9.23 Å². The Morgan fingerprint density at radius 3 is 1.94 bits per heavy atom. The van der Waals surface area contributed by atoms with E-state index in [4.69, 9.17) is 0 Å². The van der Waals surface area contributed by atoms with Crippen molar-refractivity contribution in [3.63, 3.8) is 0 Å². The molecular weight excluding hydrogens is 447 g/mol. The summed E-state index contributed by atoms with van der Waals surface area (Å²) in [5.41, 5.74) is 0.599. The summed E-state index contributed by atoms with van der Waals surface area (Å²) >= 11 is 0. The lowest BCUT2D eigenvalue weighted by atomic mass is 9.77. The van der Waals surface area contributed by atoms with Crippen LogP contribution in [0.2, 0.25) is 0 Å². The van der Waals surface area contributed by atoms with Crippen molar-refractivity contribution in [2.45, 2.75) is 96.0 Å². The van der Waals surface area contributed by atoms with Gasteiger partial charge in [0.2, 0.25) is 0 Å². The van der Waals surface area contributed by atoms with E-state index in [1.165, 1.54) is 76.3 Å². The van der Waals surface area contributed by atoms with Crippen molar-refractivity contribution in [2.75, 3.05) is 0 Å². The molecule has 34 heavy (non-hydrogen) atoms. The van der Waals surface area contributed by atoms with E-state index in [1.54, 1.807) is 12.1 Å². The molecule has 0 radical (unpaired) electrons. The molecule has 1 fully saturated rings. The van der Waals surface area contributed by atoms with E-state index in [9.17, 15) is 22.0 Å². The van der Waals surface area contributed by atoms with Crippen LogP contribution in [0.25, 0.3) is 0 Å². The molecule has 1 nitrogen and oxygen atoms in total. The zero-order valence-electron chi connectivity index (χ0n) is 19.9. The molecular formula is C28H35F5O. The van der Waals surface area contributed by atoms with Gasteiger partial charge in [-0.05, 0) is 55.2 Å². The molecule has 0 bridgehead atoms. The van der Waals surface area contributed by atoms with Crippen LogP contribution in [-0.2, 0) is 6.11 Å². The van der Waals surface area contributed by atoms with Gasteiger partial charge in [0.25, 0.3) is 0 Å². The molecule has 6 heteroatoms. The van der Waals surface area contributed by atoms with Gasteiger partial charge in [-0.3, -0.25) is 0 Å². The number of unbranched alkanes of at least 4 members (excludes halogenated alkanes) is 6. The van der Waals surface area contributed by atoms with Crippen molar-refractivity contribution in [3.8, 4) is 5.75 Å². The van der Waals surface area contributed by atoms with Crippen LogP contribution < -0.4 is 4.74 Å². The molecule has 1 saturated carbocycles. The predicted molar refractivity (Wildman–Crippen MR) is 125 cm³/mol. The van der Waals surface area contributed by atoms with E-state index in [-0.39, 0.29) is 0 Å². The SMILES string of the molecule is CCCCCCCCCC1CCC(c2ccc(C(F)(F)Oc3cc(F)c(F)c(F)c3)cc2)CC1. The second-order valence-electron chi connectivity index (χ2n) is 9.57. The van der Waals surface area contributed by atoms with Crippen molar-refractivity contribution in [3.05, 3.63) is 65.0 Å². The maximum Gasteiger partial charge on any atom is 0.426 e. The Bertz CT molecular complexity index is 865. The highest BCUT2D eigenvalue weighted by molar-refractivity contribution is 5.30. The van der Waals surface area contributed by atoms with Crippen LogP contribution in [0.5, 0.6) is 5.75 Å². The van der Waals surface area contributed by atoms with Crippen LogP contribution in [0.4, 0.5) is 22.0 Å². The zero-order valence-corrected chi connectivity index (χ0v) is 19.9. The van der Waals surface area contributed by atoms with Crippen molar-refractivity contribution < 1.29 is 26.7 Å². The van der Waals surface area contributed by atoms with Gasteiger partial charge in [0.15, 0.2) is 17.5 Å². The lowest BCUT2D eigenvalue weighted by molar-refractivity contribution is -0.185. The normalized spacial score (nSPS) is 18.8. The summed E-state index contributed by atoms with van der Waals surface area (Å²) in [5.74, 6) is -4.54. The zero-order chi connectivity index (χ0) is 24.6.